The van der Waals surface area contributed by atoms with Crippen LogP contribution in [0.5, 0.6) is 5.75 Å². The van der Waals surface area contributed by atoms with Crippen molar-refractivity contribution in [2.24, 2.45) is 5.92 Å². The minimum absolute atomic E-state index is 0.0212. The Bertz CT molecular complexity index is 556. The number of amides is 1. The molecule has 0 radical (unpaired) electrons. The Balaban J connectivity index is 2.04. The molecule has 1 saturated heterocycles. The maximum atomic E-state index is 12.4. The van der Waals surface area contributed by atoms with E-state index in [1.54, 1.807) is 0 Å². The highest BCUT2D eigenvalue weighted by Crippen LogP contribution is 2.34. The Hall–Kier alpha value is -2.04. The summed E-state index contributed by atoms with van der Waals surface area (Å²) >= 11 is 0. The Morgan fingerprint density at radius 3 is 2.87 bits per heavy atom. The number of likely N-dealkylation sites (tertiary alicyclic amines) is 1. The number of carboxylic acid groups (broad SMARTS) is 1. The van der Waals surface area contributed by atoms with E-state index in [4.69, 9.17) is 9.84 Å². The maximum absolute atomic E-state index is 12.4. The van der Waals surface area contributed by atoms with Gasteiger partial charge in [-0.05, 0) is 36.5 Å². The summed E-state index contributed by atoms with van der Waals surface area (Å²) in [6.07, 6.45) is 2.53. The molecule has 1 aromatic rings. The number of carbonyl (C=O) groups is 2. The number of aliphatic carboxylic acids is 1. The number of ether oxygens (including phenoxy) is 1. The molecule has 1 aliphatic rings. The molecule has 0 saturated carbocycles. The molecule has 1 N–H and O–H groups in total. The molecule has 1 aliphatic heterocycles. The van der Waals surface area contributed by atoms with Gasteiger partial charge in [-0.25, -0.2) is 0 Å². The van der Waals surface area contributed by atoms with Gasteiger partial charge in [0.25, 0.3) is 0 Å². The monoisotopic (exact) mass is 319 g/mol. The van der Waals surface area contributed by atoms with Crippen molar-refractivity contribution in [3.05, 3.63) is 29.8 Å². The largest absolute Gasteiger partial charge is 0.493 e. The van der Waals surface area contributed by atoms with Crippen LogP contribution in [0.25, 0.3) is 0 Å². The lowest BCUT2D eigenvalue weighted by Crippen LogP contribution is -2.31. The van der Waals surface area contributed by atoms with Crippen molar-refractivity contribution >= 4 is 11.9 Å². The normalized spacial score (nSPS) is 17.5. The summed E-state index contributed by atoms with van der Waals surface area (Å²) in [7, 11) is 0. The second-order valence-corrected chi connectivity index (χ2v) is 6.41. The van der Waals surface area contributed by atoms with E-state index in [-0.39, 0.29) is 25.0 Å². The number of nitrogens with zero attached hydrogens (tertiary/aromatic N) is 1. The van der Waals surface area contributed by atoms with Crippen LogP contribution in [0.3, 0.4) is 0 Å². The van der Waals surface area contributed by atoms with E-state index in [1.807, 2.05) is 29.2 Å². The second-order valence-electron chi connectivity index (χ2n) is 6.41. The van der Waals surface area contributed by atoms with Gasteiger partial charge in [0.1, 0.15) is 5.75 Å². The first-order valence-electron chi connectivity index (χ1n) is 8.21. The van der Waals surface area contributed by atoms with Crippen molar-refractivity contribution in [2.45, 2.75) is 45.6 Å². The first-order valence-corrected chi connectivity index (χ1v) is 8.21. The third-order valence-electron chi connectivity index (χ3n) is 3.98. The minimum Gasteiger partial charge on any atom is -0.493 e. The van der Waals surface area contributed by atoms with E-state index in [0.29, 0.717) is 18.1 Å². The molecule has 23 heavy (non-hydrogen) atoms. The Morgan fingerprint density at radius 2 is 2.17 bits per heavy atom. The number of hydrogen-bond acceptors (Lipinski definition) is 3. The summed E-state index contributed by atoms with van der Waals surface area (Å²) in [5, 5.41) is 8.66. The van der Waals surface area contributed by atoms with Gasteiger partial charge in [-0.15, -0.1) is 0 Å². The molecule has 5 heteroatoms. The van der Waals surface area contributed by atoms with Crippen LogP contribution < -0.4 is 4.74 Å². The fourth-order valence-electron chi connectivity index (χ4n) is 2.95. The highest BCUT2D eigenvalue weighted by molar-refractivity contribution is 5.77. The molecule has 5 nitrogen and oxygen atoms in total. The van der Waals surface area contributed by atoms with E-state index >= 15 is 0 Å². The van der Waals surface area contributed by atoms with Gasteiger partial charge in [-0.1, -0.05) is 26.0 Å². The SMILES string of the molecule is CC(C)CC(=O)N1CCCC1c1cccc(OCCC(=O)O)c1. The van der Waals surface area contributed by atoms with Crippen LogP contribution in [0.2, 0.25) is 0 Å². The molecule has 1 aromatic carbocycles. The van der Waals surface area contributed by atoms with Crippen molar-refractivity contribution in [3.8, 4) is 5.75 Å². The van der Waals surface area contributed by atoms with E-state index in [0.717, 1.165) is 24.9 Å². The molecule has 1 fully saturated rings. The molecular formula is C18H25NO4. The summed E-state index contributed by atoms with van der Waals surface area (Å²) < 4.78 is 5.49. The van der Waals surface area contributed by atoms with Crippen LogP contribution in [-0.2, 0) is 9.59 Å². The number of carbonyl (C=O) groups excluding carboxylic acids is 1. The van der Waals surface area contributed by atoms with Crippen LogP contribution in [-0.4, -0.2) is 35.0 Å². The van der Waals surface area contributed by atoms with Crippen LogP contribution >= 0.6 is 0 Å². The predicted molar refractivity (Wildman–Crippen MR) is 87.3 cm³/mol. The molecule has 1 unspecified atom stereocenters. The molecule has 1 amide bonds. The van der Waals surface area contributed by atoms with E-state index < -0.39 is 5.97 Å². The van der Waals surface area contributed by atoms with Crippen molar-refractivity contribution in [1.82, 2.24) is 4.90 Å². The van der Waals surface area contributed by atoms with E-state index in [9.17, 15) is 9.59 Å². The number of carboxylic acids is 1. The van der Waals surface area contributed by atoms with Crippen molar-refractivity contribution < 1.29 is 19.4 Å². The fraction of sp³-hybridized carbons (Fsp3) is 0.556. The summed E-state index contributed by atoms with van der Waals surface area (Å²) in [6.45, 7) is 5.07. The second kappa shape index (κ2) is 7.99. The zero-order valence-corrected chi connectivity index (χ0v) is 13.8. The zero-order valence-electron chi connectivity index (χ0n) is 13.8. The Kier molecular flexibility index (Phi) is 6.02. The third kappa shape index (κ3) is 4.98. The zero-order chi connectivity index (χ0) is 16.8. The number of rotatable bonds is 7. The first-order chi connectivity index (χ1) is 11.0. The lowest BCUT2D eigenvalue weighted by molar-refractivity contribution is -0.137. The lowest BCUT2D eigenvalue weighted by atomic mass is 10.0. The molecule has 2 rings (SSSR count). The molecule has 126 valence electrons. The molecule has 0 spiro atoms. The average molecular weight is 319 g/mol. The van der Waals surface area contributed by atoms with Gasteiger partial charge in [-0.2, -0.15) is 0 Å². The summed E-state index contributed by atoms with van der Waals surface area (Å²) in [5.41, 5.74) is 1.06. The van der Waals surface area contributed by atoms with Crippen LogP contribution in [0.4, 0.5) is 0 Å². The van der Waals surface area contributed by atoms with Crippen molar-refractivity contribution in [2.75, 3.05) is 13.2 Å². The molecule has 1 heterocycles. The third-order valence-corrected chi connectivity index (χ3v) is 3.98. The Labute approximate surface area is 137 Å². The Morgan fingerprint density at radius 1 is 1.39 bits per heavy atom. The molecule has 0 aliphatic carbocycles. The van der Waals surface area contributed by atoms with E-state index in [1.165, 1.54) is 0 Å². The van der Waals surface area contributed by atoms with Crippen LogP contribution in [0, 0.1) is 5.92 Å². The summed E-state index contributed by atoms with van der Waals surface area (Å²) in [4.78, 5) is 24.9. The molecule has 0 aromatic heterocycles. The van der Waals surface area contributed by atoms with Crippen LogP contribution in [0.15, 0.2) is 24.3 Å². The number of hydrogen-bond donors (Lipinski definition) is 1. The summed E-state index contributed by atoms with van der Waals surface area (Å²) in [5.74, 6) is 0.350. The van der Waals surface area contributed by atoms with Crippen LogP contribution in [0.1, 0.15) is 51.1 Å². The van der Waals surface area contributed by atoms with E-state index in [2.05, 4.69) is 13.8 Å². The summed E-state index contributed by atoms with van der Waals surface area (Å²) in [6, 6.07) is 7.75. The highest BCUT2D eigenvalue weighted by atomic mass is 16.5. The first kappa shape index (κ1) is 17.3. The van der Waals surface area contributed by atoms with Crippen molar-refractivity contribution in [1.29, 1.82) is 0 Å². The van der Waals surface area contributed by atoms with Gasteiger partial charge in [0.05, 0.1) is 19.1 Å². The van der Waals surface area contributed by atoms with Crippen molar-refractivity contribution in [3.63, 3.8) is 0 Å². The number of benzene rings is 1. The smallest absolute Gasteiger partial charge is 0.306 e. The quantitative estimate of drug-likeness (QED) is 0.838. The van der Waals surface area contributed by atoms with Gasteiger partial charge in [0.2, 0.25) is 5.91 Å². The van der Waals surface area contributed by atoms with Gasteiger partial charge in [0.15, 0.2) is 0 Å². The predicted octanol–water partition coefficient (Wildman–Crippen LogP) is 3.25. The molecular weight excluding hydrogens is 294 g/mol. The van der Waals surface area contributed by atoms with Gasteiger partial charge >= 0.3 is 5.97 Å². The topological polar surface area (TPSA) is 66.8 Å². The van der Waals surface area contributed by atoms with Gasteiger partial charge in [0, 0.05) is 13.0 Å². The highest BCUT2D eigenvalue weighted by Gasteiger charge is 2.30. The van der Waals surface area contributed by atoms with Gasteiger partial charge in [-0.3, -0.25) is 9.59 Å². The van der Waals surface area contributed by atoms with Gasteiger partial charge < -0.3 is 14.7 Å². The standard InChI is InChI=1S/C18H25NO4/c1-13(2)11-17(20)19-9-4-7-16(19)14-5-3-6-15(12-14)23-10-8-18(21)22/h3,5-6,12-13,16H,4,7-11H2,1-2H3,(H,21,22). The molecule has 0 bridgehead atoms. The lowest BCUT2D eigenvalue weighted by Gasteiger charge is -2.26. The fourth-order valence-corrected chi connectivity index (χ4v) is 2.95. The minimum atomic E-state index is -0.873. The maximum Gasteiger partial charge on any atom is 0.306 e. The average Bonchev–Trinajstić information content (AvgIpc) is 2.96. The molecule has 1 atom stereocenters.